The summed E-state index contributed by atoms with van der Waals surface area (Å²) in [7, 11) is 0. The summed E-state index contributed by atoms with van der Waals surface area (Å²) in [4.78, 5) is 38.6. The van der Waals surface area contributed by atoms with Gasteiger partial charge in [0, 0.05) is 5.69 Å². The van der Waals surface area contributed by atoms with Gasteiger partial charge < -0.3 is 23.8 Å². The maximum Gasteiger partial charge on any atom is 0.338 e. The van der Waals surface area contributed by atoms with Crippen LogP contribution in [0.1, 0.15) is 51.8 Å². The van der Waals surface area contributed by atoms with Crippen molar-refractivity contribution in [2.24, 2.45) is 0 Å². The lowest BCUT2D eigenvalue weighted by atomic mass is 10.1. The number of ether oxygens (including phenoxy) is 4. The molecule has 8 nitrogen and oxygen atoms in total. The molecule has 3 aromatic carbocycles. The summed E-state index contributed by atoms with van der Waals surface area (Å²) in [6.45, 7) is 6.02. The number of fused-ring (bicyclic) bond motifs is 2. The van der Waals surface area contributed by atoms with Crippen molar-refractivity contribution < 1.29 is 33.3 Å². The molecule has 0 spiro atoms. The summed E-state index contributed by atoms with van der Waals surface area (Å²) in [5, 5.41) is 0. The first-order valence-corrected chi connectivity index (χ1v) is 11.3. The van der Waals surface area contributed by atoms with Crippen molar-refractivity contribution in [2.75, 3.05) is 24.7 Å². The molecule has 0 fully saturated rings. The largest absolute Gasteiger partial charge is 0.462 e. The number of carbonyl (C=O) groups is 3. The van der Waals surface area contributed by atoms with Gasteiger partial charge in [-0.1, -0.05) is 0 Å². The van der Waals surface area contributed by atoms with E-state index in [4.69, 9.17) is 18.9 Å². The van der Waals surface area contributed by atoms with Crippen LogP contribution in [0.4, 0.5) is 17.1 Å². The number of hydrogen-bond donors (Lipinski definition) is 0. The average molecular weight is 475 g/mol. The monoisotopic (exact) mass is 475 g/mol. The summed E-state index contributed by atoms with van der Waals surface area (Å²) < 4.78 is 21.4. The van der Waals surface area contributed by atoms with Crippen LogP contribution >= 0.6 is 0 Å². The van der Waals surface area contributed by atoms with Crippen LogP contribution in [0.3, 0.4) is 0 Å². The highest BCUT2D eigenvalue weighted by Gasteiger charge is 2.28. The third-order valence-corrected chi connectivity index (χ3v) is 5.28. The zero-order valence-electron chi connectivity index (χ0n) is 19.7. The summed E-state index contributed by atoms with van der Waals surface area (Å²) >= 11 is 0. The quantitative estimate of drug-likeness (QED) is 0.245. The van der Waals surface area contributed by atoms with Gasteiger partial charge in [0.05, 0.1) is 47.9 Å². The average Bonchev–Trinajstić information content (AvgIpc) is 2.87. The van der Waals surface area contributed by atoms with Gasteiger partial charge in [-0.15, -0.1) is 0 Å². The molecule has 1 heterocycles. The molecular weight excluding hydrogens is 450 g/mol. The Morgan fingerprint density at radius 1 is 0.629 bits per heavy atom. The van der Waals surface area contributed by atoms with Gasteiger partial charge in [0.15, 0.2) is 11.5 Å². The predicted octanol–water partition coefficient (Wildman–Crippen LogP) is 5.79. The van der Waals surface area contributed by atoms with Gasteiger partial charge in [-0.2, -0.15) is 0 Å². The molecule has 35 heavy (non-hydrogen) atoms. The Labute approximate surface area is 203 Å². The topological polar surface area (TPSA) is 91.4 Å². The fraction of sp³-hybridized carbons (Fsp3) is 0.222. The van der Waals surface area contributed by atoms with E-state index < -0.39 is 17.9 Å². The molecule has 0 saturated heterocycles. The van der Waals surface area contributed by atoms with Crippen LogP contribution in [0, 0.1) is 0 Å². The van der Waals surface area contributed by atoms with Gasteiger partial charge in [-0.05, 0) is 81.4 Å². The van der Waals surface area contributed by atoms with Crippen LogP contribution in [-0.4, -0.2) is 37.7 Å². The number of anilines is 3. The molecule has 0 aliphatic carbocycles. The van der Waals surface area contributed by atoms with Crippen molar-refractivity contribution in [1.29, 1.82) is 0 Å². The first-order chi connectivity index (χ1) is 17.0. The standard InChI is InChI=1S/C27H25NO7/c1-4-32-25(29)17-7-11-20(12-8-17)28-21-13-9-18(26(30)33-5-2)15-23(21)35-24-16-19(10-14-22(24)28)27(31)34-6-3/h7-16H,4-6H2,1-3H3. The molecule has 0 radical (unpaired) electrons. The molecule has 0 amide bonds. The number of esters is 3. The van der Waals surface area contributed by atoms with Gasteiger partial charge in [-0.3, -0.25) is 0 Å². The summed E-state index contributed by atoms with van der Waals surface area (Å²) in [5.41, 5.74) is 3.22. The van der Waals surface area contributed by atoms with Crippen LogP contribution in [0.5, 0.6) is 11.5 Å². The van der Waals surface area contributed by atoms with Crippen molar-refractivity contribution in [1.82, 2.24) is 0 Å². The Kier molecular flexibility index (Phi) is 7.01. The van der Waals surface area contributed by atoms with Gasteiger partial charge in [0.2, 0.25) is 0 Å². The van der Waals surface area contributed by atoms with Crippen LogP contribution in [0.15, 0.2) is 60.7 Å². The lowest BCUT2D eigenvalue weighted by Crippen LogP contribution is -2.17. The van der Waals surface area contributed by atoms with Crippen LogP contribution < -0.4 is 9.64 Å². The highest BCUT2D eigenvalue weighted by molar-refractivity contribution is 5.96. The van der Waals surface area contributed by atoms with Gasteiger partial charge in [-0.25, -0.2) is 14.4 Å². The maximum atomic E-state index is 12.3. The molecule has 4 rings (SSSR count). The molecule has 1 aliphatic heterocycles. The maximum absolute atomic E-state index is 12.3. The van der Waals surface area contributed by atoms with Gasteiger partial charge >= 0.3 is 17.9 Å². The Balaban J connectivity index is 1.80. The molecular formula is C27H25NO7. The number of carbonyl (C=O) groups excluding carboxylic acids is 3. The second-order valence-corrected chi connectivity index (χ2v) is 7.51. The summed E-state index contributed by atoms with van der Waals surface area (Å²) in [5.74, 6) is -0.498. The molecule has 8 heteroatoms. The Hall–Kier alpha value is -4.33. The molecule has 0 aromatic heterocycles. The zero-order chi connectivity index (χ0) is 24.9. The fourth-order valence-electron chi connectivity index (χ4n) is 3.73. The van der Waals surface area contributed by atoms with E-state index in [2.05, 4.69) is 0 Å². The Morgan fingerprint density at radius 2 is 1.03 bits per heavy atom. The lowest BCUT2D eigenvalue weighted by molar-refractivity contribution is 0.0516. The first-order valence-electron chi connectivity index (χ1n) is 11.3. The summed E-state index contributed by atoms with van der Waals surface area (Å²) in [6, 6.07) is 17.0. The normalized spacial score (nSPS) is 11.6. The highest BCUT2D eigenvalue weighted by atomic mass is 16.5. The molecule has 0 atom stereocenters. The highest BCUT2D eigenvalue weighted by Crippen LogP contribution is 2.50. The first kappa shape index (κ1) is 23.8. The molecule has 0 bridgehead atoms. The van der Waals surface area contributed by atoms with Crippen LogP contribution in [0.2, 0.25) is 0 Å². The van der Waals surface area contributed by atoms with Crippen molar-refractivity contribution in [3.05, 3.63) is 77.4 Å². The fourth-order valence-corrected chi connectivity index (χ4v) is 3.73. The van der Waals surface area contributed by atoms with Gasteiger partial charge in [0.1, 0.15) is 0 Å². The van der Waals surface area contributed by atoms with E-state index >= 15 is 0 Å². The number of nitrogens with zero attached hydrogens (tertiary/aromatic N) is 1. The molecule has 3 aromatic rings. The third-order valence-electron chi connectivity index (χ3n) is 5.28. The van der Waals surface area contributed by atoms with E-state index in [0.717, 1.165) is 5.69 Å². The molecule has 1 aliphatic rings. The Bertz CT molecular complexity index is 1200. The molecule has 180 valence electrons. The third kappa shape index (κ3) is 4.82. The van der Waals surface area contributed by atoms with Crippen molar-refractivity contribution in [2.45, 2.75) is 20.8 Å². The van der Waals surface area contributed by atoms with Crippen molar-refractivity contribution >= 4 is 35.0 Å². The van der Waals surface area contributed by atoms with E-state index in [1.54, 1.807) is 81.4 Å². The van der Waals surface area contributed by atoms with Crippen LogP contribution in [-0.2, 0) is 14.2 Å². The van der Waals surface area contributed by atoms with Crippen molar-refractivity contribution in [3.63, 3.8) is 0 Å². The molecule has 0 unspecified atom stereocenters. The van der Waals surface area contributed by atoms with Crippen molar-refractivity contribution in [3.8, 4) is 11.5 Å². The second kappa shape index (κ2) is 10.3. The van der Waals surface area contributed by atoms with Gasteiger partial charge in [0.25, 0.3) is 0 Å². The van der Waals surface area contributed by atoms with Crippen LogP contribution in [0.25, 0.3) is 0 Å². The Morgan fingerprint density at radius 3 is 1.46 bits per heavy atom. The van der Waals surface area contributed by atoms with E-state index in [-0.39, 0.29) is 19.8 Å². The molecule has 0 saturated carbocycles. The number of hydrogen-bond acceptors (Lipinski definition) is 8. The minimum atomic E-state index is -0.463. The number of benzene rings is 3. The SMILES string of the molecule is CCOC(=O)c1ccc(N2c3ccc(C(=O)OCC)cc3Oc3cc(C(=O)OCC)ccc32)cc1. The smallest absolute Gasteiger partial charge is 0.338 e. The minimum Gasteiger partial charge on any atom is -0.462 e. The second-order valence-electron chi connectivity index (χ2n) is 7.51. The zero-order valence-corrected chi connectivity index (χ0v) is 19.7. The van der Waals surface area contributed by atoms with E-state index in [0.29, 0.717) is 39.6 Å². The predicted molar refractivity (Wildman–Crippen MR) is 129 cm³/mol. The molecule has 0 N–H and O–H groups in total. The minimum absolute atomic E-state index is 0.251. The number of rotatable bonds is 7. The lowest BCUT2D eigenvalue weighted by Gasteiger charge is -2.33. The van der Waals surface area contributed by atoms with E-state index in [9.17, 15) is 14.4 Å². The van der Waals surface area contributed by atoms with E-state index in [1.165, 1.54) is 0 Å². The van der Waals surface area contributed by atoms with E-state index in [1.807, 2.05) is 4.90 Å². The summed E-state index contributed by atoms with van der Waals surface area (Å²) in [6.07, 6.45) is 0.